The summed E-state index contributed by atoms with van der Waals surface area (Å²) < 4.78 is 39.0. The van der Waals surface area contributed by atoms with Crippen molar-refractivity contribution in [3.8, 4) is 0 Å². The highest BCUT2D eigenvalue weighted by Crippen LogP contribution is 2.34. The Bertz CT molecular complexity index is 465. The molecule has 4 radical (unpaired) electrons. The predicted molar refractivity (Wildman–Crippen MR) is 106 cm³/mol. The topological polar surface area (TPSA) is 84.8 Å². The fourth-order valence-electron chi connectivity index (χ4n) is 3.55. The third-order valence-corrected chi connectivity index (χ3v) is 6.09. The van der Waals surface area contributed by atoms with Crippen LogP contribution in [0.5, 0.6) is 0 Å². The Balaban J connectivity index is 1.81. The summed E-state index contributed by atoms with van der Waals surface area (Å²) in [6.07, 6.45) is -1.91. The number of methoxy groups -OCH3 is 3. The third kappa shape index (κ3) is 6.13. The second-order valence-electron chi connectivity index (χ2n) is 7.28. The number of hydrogen-bond donors (Lipinski definition) is 1. The summed E-state index contributed by atoms with van der Waals surface area (Å²) in [5, 5.41) is 10.2. The summed E-state index contributed by atoms with van der Waals surface area (Å²) in [6, 6.07) is -1.22. The van der Waals surface area contributed by atoms with E-state index in [0.717, 1.165) is 0 Å². The summed E-state index contributed by atoms with van der Waals surface area (Å²) in [6.45, 7) is 3.84. The van der Waals surface area contributed by atoms with Crippen molar-refractivity contribution in [1.29, 1.82) is 0 Å². The van der Waals surface area contributed by atoms with Crippen molar-refractivity contribution in [2.45, 2.75) is 87.5 Å². The molecule has 0 aliphatic carbocycles. The summed E-state index contributed by atoms with van der Waals surface area (Å²) in [7, 11) is 16.3. The summed E-state index contributed by atoms with van der Waals surface area (Å²) in [4.78, 5) is 0. The van der Waals surface area contributed by atoms with Crippen molar-refractivity contribution in [3.63, 3.8) is 0 Å². The lowest BCUT2D eigenvalue weighted by atomic mass is 9.92. The van der Waals surface area contributed by atoms with Gasteiger partial charge in [0.05, 0.1) is 24.4 Å². The maximum absolute atomic E-state index is 10.2. The van der Waals surface area contributed by atoms with Crippen LogP contribution < -0.4 is 0 Å². The monoisotopic (exact) mass is 416 g/mol. The highest BCUT2D eigenvalue weighted by Gasteiger charge is 2.44. The van der Waals surface area contributed by atoms with E-state index in [1.54, 1.807) is 14.2 Å². The van der Waals surface area contributed by atoms with E-state index < -0.39 is 30.3 Å². The Morgan fingerprint density at radius 3 is 2.04 bits per heavy atom. The van der Waals surface area contributed by atoms with Gasteiger partial charge in [0.15, 0.2) is 9.03 Å². The average molecular weight is 416 g/mol. The first kappa shape index (κ1) is 24.5. The Morgan fingerprint density at radius 2 is 1.46 bits per heavy atom. The lowest BCUT2D eigenvalue weighted by molar-refractivity contribution is -0.0157. The van der Waals surface area contributed by atoms with Gasteiger partial charge in [0, 0.05) is 46.2 Å². The van der Waals surface area contributed by atoms with E-state index in [9.17, 15) is 5.11 Å². The fourth-order valence-corrected chi connectivity index (χ4v) is 4.27. The second-order valence-corrected chi connectivity index (χ2v) is 7.92. The van der Waals surface area contributed by atoms with E-state index in [-0.39, 0.29) is 39.6 Å². The molecule has 0 aromatic rings. The van der Waals surface area contributed by atoms with Crippen LogP contribution in [0.2, 0.25) is 0 Å². The number of hydrogen-bond acceptors (Lipinski definition) is 8. The zero-order chi connectivity index (χ0) is 20.8. The van der Waals surface area contributed by atoms with Gasteiger partial charge in [0.2, 0.25) is 0 Å². The first-order chi connectivity index (χ1) is 13.3. The van der Waals surface area contributed by atoms with Gasteiger partial charge in [0.1, 0.15) is 40.1 Å². The van der Waals surface area contributed by atoms with Gasteiger partial charge in [-0.25, -0.2) is 0 Å². The van der Waals surface area contributed by atoms with Crippen LogP contribution in [0.15, 0.2) is 0 Å². The molecule has 0 saturated carbocycles. The number of rotatable bonds is 11. The first-order valence-corrected chi connectivity index (χ1v) is 10.3. The first-order valence-electron chi connectivity index (χ1n) is 9.47. The second kappa shape index (κ2) is 11.6. The summed E-state index contributed by atoms with van der Waals surface area (Å²) in [5.41, 5.74) is 0. The van der Waals surface area contributed by atoms with Crippen molar-refractivity contribution >= 4 is 24.7 Å². The summed E-state index contributed by atoms with van der Waals surface area (Å²) in [5.74, 6) is 0. The molecule has 0 aromatic carbocycles. The van der Waals surface area contributed by atoms with E-state index in [1.165, 1.54) is 7.11 Å². The molecule has 2 aliphatic rings. The Morgan fingerprint density at radius 1 is 0.893 bits per heavy atom. The van der Waals surface area contributed by atoms with Crippen molar-refractivity contribution < 1.29 is 37.8 Å². The SMILES string of the molecule is [B]C1OC(CC(C)OPOC2C(CC(C)OC)OC([B])C2OC)C(O)C1OC. The van der Waals surface area contributed by atoms with Gasteiger partial charge in [-0.2, -0.15) is 0 Å². The molecule has 11 heteroatoms. The molecule has 2 saturated heterocycles. The van der Waals surface area contributed by atoms with E-state index in [0.29, 0.717) is 12.8 Å². The average Bonchev–Trinajstić information content (AvgIpc) is 3.09. The molecule has 2 fully saturated rings. The molecule has 0 amide bonds. The molecule has 2 heterocycles. The minimum atomic E-state index is -0.797. The minimum absolute atomic E-state index is 0.000948. The lowest BCUT2D eigenvalue weighted by Crippen LogP contribution is -2.37. The van der Waals surface area contributed by atoms with Gasteiger partial charge in [-0.3, -0.25) is 0 Å². The Hall–Kier alpha value is 0.240. The van der Waals surface area contributed by atoms with Crippen molar-refractivity contribution in [2.75, 3.05) is 21.3 Å². The highest BCUT2D eigenvalue weighted by molar-refractivity contribution is 7.26. The number of aliphatic hydroxyl groups is 1. The van der Waals surface area contributed by atoms with Crippen molar-refractivity contribution in [1.82, 2.24) is 0 Å². The van der Waals surface area contributed by atoms with Crippen LogP contribution in [0.1, 0.15) is 26.7 Å². The van der Waals surface area contributed by atoms with Crippen LogP contribution >= 0.6 is 9.03 Å². The van der Waals surface area contributed by atoms with Gasteiger partial charge in [-0.05, 0) is 13.8 Å². The molecule has 2 aliphatic heterocycles. The molecule has 8 nitrogen and oxygen atoms in total. The molecule has 2 rings (SSSR count). The van der Waals surface area contributed by atoms with Crippen molar-refractivity contribution in [2.24, 2.45) is 0 Å². The highest BCUT2D eigenvalue weighted by atomic mass is 31.1. The smallest absolute Gasteiger partial charge is 0.155 e. The molecule has 11 atom stereocenters. The van der Waals surface area contributed by atoms with Crippen LogP contribution in [-0.4, -0.2) is 103 Å². The molecular formula is C17H31B2O8P. The number of aliphatic hydroxyl groups excluding tert-OH is 1. The lowest BCUT2D eigenvalue weighted by Gasteiger charge is -2.25. The largest absolute Gasteiger partial charge is 0.388 e. The van der Waals surface area contributed by atoms with Gasteiger partial charge in [-0.15, -0.1) is 0 Å². The third-order valence-electron chi connectivity index (χ3n) is 5.23. The fraction of sp³-hybridized carbons (Fsp3) is 1.00. The molecule has 158 valence electrons. The maximum Gasteiger partial charge on any atom is 0.155 e. The molecule has 0 aromatic heterocycles. The summed E-state index contributed by atoms with van der Waals surface area (Å²) >= 11 is 0. The molecule has 0 spiro atoms. The zero-order valence-electron chi connectivity index (χ0n) is 17.1. The van der Waals surface area contributed by atoms with E-state index in [4.69, 9.17) is 48.4 Å². The van der Waals surface area contributed by atoms with Crippen molar-refractivity contribution in [3.05, 3.63) is 0 Å². The number of ether oxygens (including phenoxy) is 5. The van der Waals surface area contributed by atoms with Crippen LogP contribution in [-0.2, 0) is 32.7 Å². The van der Waals surface area contributed by atoms with Gasteiger partial charge >= 0.3 is 0 Å². The Kier molecular flexibility index (Phi) is 10.1. The maximum atomic E-state index is 10.2. The van der Waals surface area contributed by atoms with Gasteiger partial charge in [-0.1, -0.05) is 0 Å². The standard InChI is InChI=1S/C17H31B2O8P/c1-8(21-3)6-11-13(15(23-5)17(19)25-11)27-28-26-9(2)7-10-12(20)14(22-4)16(18)24-10/h8-17,20,28H,6-7H2,1-5H3. The minimum Gasteiger partial charge on any atom is -0.388 e. The van der Waals surface area contributed by atoms with E-state index in [1.807, 2.05) is 13.8 Å². The normalized spacial score (nSPS) is 41.1. The van der Waals surface area contributed by atoms with E-state index >= 15 is 0 Å². The zero-order valence-corrected chi connectivity index (χ0v) is 18.1. The Labute approximate surface area is 172 Å². The molecule has 1 N–H and O–H groups in total. The van der Waals surface area contributed by atoms with Crippen LogP contribution in [0.25, 0.3) is 0 Å². The molecule has 0 bridgehead atoms. The van der Waals surface area contributed by atoms with Gasteiger partial charge < -0.3 is 37.8 Å². The molecule has 11 unspecified atom stereocenters. The van der Waals surface area contributed by atoms with Crippen LogP contribution in [0.4, 0.5) is 0 Å². The van der Waals surface area contributed by atoms with Gasteiger partial charge in [0.25, 0.3) is 0 Å². The van der Waals surface area contributed by atoms with E-state index in [2.05, 4.69) is 0 Å². The molecular weight excluding hydrogens is 385 g/mol. The predicted octanol–water partition coefficient (Wildman–Crippen LogP) is 0.278. The molecule has 28 heavy (non-hydrogen) atoms. The quantitative estimate of drug-likeness (QED) is 0.380. The van der Waals surface area contributed by atoms with Crippen LogP contribution in [0.3, 0.4) is 0 Å². The van der Waals surface area contributed by atoms with Crippen LogP contribution in [0, 0.1) is 0 Å².